The van der Waals surface area contributed by atoms with Crippen molar-refractivity contribution >= 4 is 22.6 Å². The molecular weight excluding hydrogens is 663 g/mol. The second kappa shape index (κ2) is 12.6. The van der Waals surface area contributed by atoms with Crippen LogP contribution in [0.25, 0.3) is 39.0 Å². The summed E-state index contributed by atoms with van der Waals surface area (Å²) in [6, 6.07) is 59.0. The maximum atomic E-state index is 2.53. The van der Waals surface area contributed by atoms with Crippen LogP contribution in [0.5, 0.6) is 0 Å². The van der Waals surface area contributed by atoms with Crippen LogP contribution >= 0.6 is 0 Å². The lowest BCUT2D eigenvalue weighted by Crippen LogP contribution is -2.23. The maximum absolute atomic E-state index is 2.53. The third-order valence-electron chi connectivity index (χ3n) is 12.2. The Morgan fingerprint density at radius 2 is 1.04 bits per heavy atom. The van der Waals surface area contributed by atoms with Gasteiger partial charge in [-0.2, -0.15) is 0 Å². The van der Waals surface area contributed by atoms with Crippen molar-refractivity contribution in [3.63, 3.8) is 0 Å². The molecule has 264 valence electrons. The van der Waals surface area contributed by atoms with Crippen LogP contribution < -0.4 is 4.90 Å². The average Bonchev–Trinajstić information content (AvgIpc) is 3.79. The van der Waals surface area contributed by atoms with Gasteiger partial charge in [0.15, 0.2) is 0 Å². The first kappa shape index (κ1) is 33.2. The van der Waals surface area contributed by atoms with E-state index in [0.29, 0.717) is 0 Å². The monoisotopic (exact) mass is 705 g/mol. The Hall–Kier alpha value is -6.44. The summed E-state index contributed by atoms with van der Waals surface area (Å²) in [7, 11) is 0. The van der Waals surface area contributed by atoms with Gasteiger partial charge >= 0.3 is 0 Å². The first-order valence-electron chi connectivity index (χ1n) is 19.5. The highest BCUT2D eigenvalue weighted by Gasteiger charge is 2.48. The summed E-state index contributed by atoms with van der Waals surface area (Å²) in [6.07, 6.45) is 11.2. The lowest BCUT2D eigenvalue weighted by molar-refractivity contribution is 0.660. The molecule has 0 atom stereocenters. The Kier molecular flexibility index (Phi) is 7.58. The highest BCUT2D eigenvalue weighted by Crippen LogP contribution is 2.60. The third kappa shape index (κ3) is 4.93. The minimum Gasteiger partial charge on any atom is -0.310 e. The smallest absolute Gasteiger partial charge is 0.0665 e. The predicted octanol–water partition coefficient (Wildman–Crippen LogP) is 14.3. The zero-order valence-electron chi connectivity index (χ0n) is 31.8. The van der Waals surface area contributed by atoms with Gasteiger partial charge in [-0.3, -0.25) is 0 Å². The molecule has 0 fully saturated rings. The summed E-state index contributed by atoms with van der Waals surface area (Å²) in [5, 5.41) is 0. The molecule has 10 rings (SSSR count). The van der Waals surface area contributed by atoms with Crippen LogP contribution in [0.15, 0.2) is 188 Å². The van der Waals surface area contributed by atoms with E-state index >= 15 is 0 Å². The molecule has 0 N–H and O–H groups in total. The summed E-state index contributed by atoms with van der Waals surface area (Å²) >= 11 is 0. The van der Waals surface area contributed by atoms with Crippen LogP contribution in [-0.4, -0.2) is 0 Å². The molecule has 0 unspecified atom stereocenters. The molecule has 0 saturated carbocycles. The number of nitrogens with zero attached hydrogens (tertiary/aromatic N) is 1. The molecular formula is C54H43N. The van der Waals surface area contributed by atoms with Gasteiger partial charge in [0.1, 0.15) is 0 Å². The highest BCUT2D eigenvalue weighted by molar-refractivity contribution is 5.98. The molecule has 7 aromatic rings. The highest BCUT2D eigenvalue weighted by atomic mass is 15.1. The van der Waals surface area contributed by atoms with Gasteiger partial charge in [0, 0.05) is 22.5 Å². The van der Waals surface area contributed by atoms with Gasteiger partial charge in [-0.1, -0.05) is 171 Å². The minimum atomic E-state index is -0.415. The average molecular weight is 706 g/mol. The number of anilines is 3. The van der Waals surface area contributed by atoms with Gasteiger partial charge in [-0.25, -0.2) is 0 Å². The fourth-order valence-corrected chi connectivity index (χ4v) is 9.73. The van der Waals surface area contributed by atoms with Crippen molar-refractivity contribution in [3.8, 4) is 33.4 Å². The normalized spacial score (nSPS) is 15.2. The van der Waals surface area contributed by atoms with Gasteiger partial charge in [-0.05, 0) is 123 Å². The number of rotatable bonds is 6. The standard InChI is InChI=1S/C54H43N/c1-5-6-7-16-38-35-54(49-25-12-9-20-45(49)46-21-10-13-26-50(46)54)52-42(22-15-23-43(38)52)37-17-14-18-40(33-37)55(39-29-27-36(2)28-30-39)41-31-32-47-44-19-8-11-24-48(44)53(3,4)51(47)34-41/h5-35H,1-4H3/b6-5-,16-7-. The molecule has 1 heteroatoms. The van der Waals surface area contributed by atoms with E-state index in [1.807, 2.05) is 0 Å². The van der Waals surface area contributed by atoms with E-state index in [1.54, 1.807) is 0 Å². The van der Waals surface area contributed by atoms with Crippen LogP contribution in [0.2, 0.25) is 0 Å². The molecule has 0 amide bonds. The van der Waals surface area contributed by atoms with Crippen molar-refractivity contribution in [3.05, 3.63) is 227 Å². The van der Waals surface area contributed by atoms with Crippen molar-refractivity contribution in [1.29, 1.82) is 0 Å². The van der Waals surface area contributed by atoms with Crippen molar-refractivity contribution in [2.75, 3.05) is 4.90 Å². The van der Waals surface area contributed by atoms with E-state index in [4.69, 9.17) is 0 Å². The van der Waals surface area contributed by atoms with Gasteiger partial charge in [0.25, 0.3) is 0 Å². The number of benzene rings is 7. The fraction of sp³-hybridized carbons (Fsp3) is 0.111. The molecule has 0 saturated heterocycles. The summed E-state index contributed by atoms with van der Waals surface area (Å²) in [5.41, 5.74) is 21.3. The van der Waals surface area contributed by atoms with Crippen LogP contribution in [0, 0.1) is 6.92 Å². The van der Waals surface area contributed by atoms with E-state index in [1.165, 1.54) is 77.9 Å². The van der Waals surface area contributed by atoms with E-state index in [0.717, 1.165) is 17.1 Å². The molecule has 7 aromatic carbocycles. The number of fused-ring (bicyclic) bond motifs is 10. The van der Waals surface area contributed by atoms with E-state index < -0.39 is 5.41 Å². The van der Waals surface area contributed by atoms with Gasteiger partial charge in [0.05, 0.1) is 5.41 Å². The number of hydrogen-bond donors (Lipinski definition) is 0. The molecule has 0 aliphatic heterocycles. The van der Waals surface area contributed by atoms with Gasteiger partial charge in [-0.15, -0.1) is 0 Å². The molecule has 1 spiro atoms. The van der Waals surface area contributed by atoms with Crippen molar-refractivity contribution in [1.82, 2.24) is 0 Å². The number of aryl methyl sites for hydroxylation is 1. The molecule has 0 bridgehead atoms. The van der Waals surface area contributed by atoms with E-state index in [2.05, 4.69) is 221 Å². The number of allylic oxidation sites excluding steroid dienone is 6. The van der Waals surface area contributed by atoms with Crippen LogP contribution in [0.3, 0.4) is 0 Å². The van der Waals surface area contributed by atoms with Crippen LogP contribution in [0.1, 0.15) is 59.7 Å². The molecule has 55 heavy (non-hydrogen) atoms. The largest absolute Gasteiger partial charge is 0.310 e. The topological polar surface area (TPSA) is 3.24 Å². The SMILES string of the molecule is C/C=C\C=C/C1=CC2(c3ccccc3-c3ccccc32)c2c1cccc2-c1cccc(N(c2ccc(C)cc2)c2ccc3c(c2)C(C)(C)c2ccccc2-3)c1. The lowest BCUT2D eigenvalue weighted by Gasteiger charge is -2.30. The first-order chi connectivity index (χ1) is 26.9. The number of hydrogen-bond acceptors (Lipinski definition) is 1. The minimum absolute atomic E-state index is 0.0957. The van der Waals surface area contributed by atoms with Crippen molar-refractivity contribution in [2.24, 2.45) is 0 Å². The molecule has 3 aliphatic rings. The maximum Gasteiger partial charge on any atom is 0.0665 e. The lowest BCUT2D eigenvalue weighted by atomic mass is 9.71. The quantitative estimate of drug-likeness (QED) is 0.156. The van der Waals surface area contributed by atoms with E-state index in [-0.39, 0.29) is 5.41 Å². The molecule has 3 aliphatic carbocycles. The molecule has 1 nitrogen and oxygen atoms in total. The fourth-order valence-electron chi connectivity index (χ4n) is 9.73. The van der Waals surface area contributed by atoms with Crippen molar-refractivity contribution in [2.45, 2.75) is 38.5 Å². The summed E-state index contributed by atoms with van der Waals surface area (Å²) in [4.78, 5) is 2.44. The molecule has 0 radical (unpaired) electrons. The first-order valence-corrected chi connectivity index (χ1v) is 19.5. The zero-order chi connectivity index (χ0) is 37.3. The zero-order valence-corrected chi connectivity index (χ0v) is 31.8. The molecule has 0 aromatic heterocycles. The Bertz CT molecular complexity index is 2710. The molecule has 0 heterocycles. The van der Waals surface area contributed by atoms with E-state index in [9.17, 15) is 0 Å². The van der Waals surface area contributed by atoms with Crippen LogP contribution in [-0.2, 0) is 10.8 Å². The summed E-state index contributed by atoms with van der Waals surface area (Å²) < 4.78 is 0. The van der Waals surface area contributed by atoms with Crippen LogP contribution in [0.4, 0.5) is 17.1 Å². The Labute approximate surface area is 325 Å². The van der Waals surface area contributed by atoms with Gasteiger partial charge < -0.3 is 4.90 Å². The Morgan fingerprint density at radius 3 is 1.75 bits per heavy atom. The van der Waals surface area contributed by atoms with Crippen molar-refractivity contribution < 1.29 is 0 Å². The summed E-state index contributed by atoms with van der Waals surface area (Å²) in [5.74, 6) is 0. The Balaban J connectivity index is 1.18. The third-order valence-corrected chi connectivity index (χ3v) is 12.2. The summed E-state index contributed by atoms with van der Waals surface area (Å²) in [6.45, 7) is 8.95. The second-order valence-electron chi connectivity index (χ2n) is 15.7. The Morgan fingerprint density at radius 1 is 0.473 bits per heavy atom. The second-order valence-corrected chi connectivity index (χ2v) is 15.7. The van der Waals surface area contributed by atoms with Gasteiger partial charge in [0.2, 0.25) is 0 Å². The predicted molar refractivity (Wildman–Crippen MR) is 233 cm³/mol.